The van der Waals surface area contributed by atoms with Gasteiger partial charge in [-0.05, 0) is 50.6 Å². The Morgan fingerprint density at radius 2 is 1.90 bits per heavy atom. The molecule has 21 heavy (non-hydrogen) atoms. The van der Waals surface area contributed by atoms with Crippen LogP contribution in [-0.2, 0) is 0 Å². The van der Waals surface area contributed by atoms with E-state index in [0.717, 1.165) is 29.2 Å². The van der Waals surface area contributed by atoms with E-state index in [1.165, 1.54) is 11.1 Å². The van der Waals surface area contributed by atoms with Crippen molar-refractivity contribution in [3.63, 3.8) is 0 Å². The van der Waals surface area contributed by atoms with Crippen molar-refractivity contribution in [1.29, 1.82) is 0 Å². The lowest BCUT2D eigenvalue weighted by Crippen LogP contribution is -2.24. The van der Waals surface area contributed by atoms with Gasteiger partial charge in [-0.2, -0.15) is 0 Å². The molecule has 0 saturated carbocycles. The Morgan fingerprint density at radius 1 is 1.14 bits per heavy atom. The standard InChI is InChI=1S/C18H24N2O/c1-6-19-17(16-9-7-8-13(3)20-16)15-11-10-12(2)14(4)18(15)21-5/h7-11,17,19H,6H2,1-5H3. The first kappa shape index (κ1) is 15.5. The van der Waals surface area contributed by atoms with E-state index in [-0.39, 0.29) is 6.04 Å². The highest BCUT2D eigenvalue weighted by atomic mass is 16.5. The number of ether oxygens (including phenoxy) is 1. The second kappa shape index (κ2) is 6.72. The molecule has 0 aliphatic heterocycles. The average molecular weight is 284 g/mol. The molecule has 112 valence electrons. The monoisotopic (exact) mass is 284 g/mol. The van der Waals surface area contributed by atoms with Crippen molar-refractivity contribution in [2.75, 3.05) is 13.7 Å². The summed E-state index contributed by atoms with van der Waals surface area (Å²) >= 11 is 0. The predicted octanol–water partition coefficient (Wildman–Crippen LogP) is 3.71. The van der Waals surface area contributed by atoms with Gasteiger partial charge in [-0.15, -0.1) is 0 Å². The summed E-state index contributed by atoms with van der Waals surface area (Å²) in [6.07, 6.45) is 0. The van der Waals surface area contributed by atoms with Crippen molar-refractivity contribution in [3.8, 4) is 5.75 Å². The van der Waals surface area contributed by atoms with Crippen LogP contribution in [0.1, 0.15) is 41.0 Å². The third-order valence-electron chi connectivity index (χ3n) is 3.84. The normalized spacial score (nSPS) is 12.2. The van der Waals surface area contributed by atoms with E-state index >= 15 is 0 Å². The van der Waals surface area contributed by atoms with Crippen molar-refractivity contribution < 1.29 is 4.74 Å². The van der Waals surface area contributed by atoms with Crippen LogP contribution in [0.3, 0.4) is 0 Å². The number of nitrogens with one attached hydrogen (secondary N) is 1. The van der Waals surface area contributed by atoms with Gasteiger partial charge >= 0.3 is 0 Å². The fourth-order valence-electron chi connectivity index (χ4n) is 2.61. The number of rotatable bonds is 5. The Labute approximate surface area is 127 Å². The minimum atomic E-state index is 0.0455. The molecule has 0 amide bonds. The number of pyridine rings is 1. The lowest BCUT2D eigenvalue weighted by molar-refractivity contribution is 0.400. The predicted molar refractivity (Wildman–Crippen MR) is 87.0 cm³/mol. The molecule has 1 atom stereocenters. The smallest absolute Gasteiger partial charge is 0.127 e. The number of hydrogen-bond donors (Lipinski definition) is 1. The number of methoxy groups -OCH3 is 1. The highest BCUT2D eigenvalue weighted by Gasteiger charge is 2.20. The summed E-state index contributed by atoms with van der Waals surface area (Å²) in [6.45, 7) is 9.20. The van der Waals surface area contributed by atoms with Crippen molar-refractivity contribution in [2.45, 2.75) is 33.7 Å². The molecule has 0 saturated heterocycles. The van der Waals surface area contributed by atoms with E-state index in [4.69, 9.17) is 4.74 Å². The first-order valence-electron chi connectivity index (χ1n) is 7.39. The molecule has 0 aliphatic rings. The Morgan fingerprint density at radius 3 is 2.52 bits per heavy atom. The Kier molecular flexibility index (Phi) is 4.97. The van der Waals surface area contributed by atoms with Crippen LogP contribution in [0.25, 0.3) is 0 Å². The SMILES string of the molecule is CCNC(c1cccc(C)n1)c1ccc(C)c(C)c1OC. The van der Waals surface area contributed by atoms with E-state index in [1.54, 1.807) is 7.11 Å². The van der Waals surface area contributed by atoms with E-state index < -0.39 is 0 Å². The molecule has 0 fully saturated rings. The molecule has 1 unspecified atom stereocenters. The van der Waals surface area contributed by atoms with Gasteiger partial charge in [-0.25, -0.2) is 0 Å². The largest absolute Gasteiger partial charge is 0.496 e. The number of aryl methyl sites for hydroxylation is 2. The van der Waals surface area contributed by atoms with E-state index in [2.05, 4.69) is 55.3 Å². The van der Waals surface area contributed by atoms with Crippen LogP contribution in [-0.4, -0.2) is 18.6 Å². The summed E-state index contributed by atoms with van der Waals surface area (Å²) < 4.78 is 5.67. The molecule has 0 aliphatic carbocycles. The quantitative estimate of drug-likeness (QED) is 0.908. The Balaban J connectivity index is 2.55. The van der Waals surface area contributed by atoms with Crippen LogP contribution >= 0.6 is 0 Å². The number of nitrogens with zero attached hydrogens (tertiary/aromatic N) is 1. The number of benzene rings is 1. The van der Waals surface area contributed by atoms with Gasteiger partial charge in [0.05, 0.1) is 18.8 Å². The summed E-state index contributed by atoms with van der Waals surface area (Å²) in [6, 6.07) is 10.5. The van der Waals surface area contributed by atoms with Gasteiger partial charge in [0, 0.05) is 11.3 Å². The van der Waals surface area contributed by atoms with Gasteiger partial charge in [0.2, 0.25) is 0 Å². The summed E-state index contributed by atoms with van der Waals surface area (Å²) in [5, 5.41) is 3.52. The molecule has 1 N–H and O–H groups in total. The first-order chi connectivity index (χ1) is 10.1. The van der Waals surface area contributed by atoms with Crippen molar-refractivity contribution in [1.82, 2.24) is 10.3 Å². The fourth-order valence-corrected chi connectivity index (χ4v) is 2.61. The van der Waals surface area contributed by atoms with Crippen LogP contribution in [0.4, 0.5) is 0 Å². The lowest BCUT2D eigenvalue weighted by atomic mass is 9.96. The third kappa shape index (κ3) is 3.24. The van der Waals surface area contributed by atoms with Crippen LogP contribution in [0.15, 0.2) is 30.3 Å². The molecule has 0 bridgehead atoms. The number of aromatic nitrogens is 1. The minimum Gasteiger partial charge on any atom is -0.496 e. The molecule has 3 nitrogen and oxygen atoms in total. The second-order valence-corrected chi connectivity index (χ2v) is 5.32. The molecular weight excluding hydrogens is 260 g/mol. The maximum atomic E-state index is 5.67. The van der Waals surface area contributed by atoms with Gasteiger partial charge < -0.3 is 10.1 Å². The topological polar surface area (TPSA) is 34.2 Å². The number of hydrogen-bond acceptors (Lipinski definition) is 3. The van der Waals surface area contributed by atoms with Crippen LogP contribution in [0, 0.1) is 20.8 Å². The van der Waals surface area contributed by atoms with Gasteiger partial charge in [-0.3, -0.25) is 4.98 Å². The maximum absolute atomic E-state index is 5.67. The highest BCUT2D eigenvalue weighted by Crippen LogP contribution is 2.33. The Bertz CT molecular complexity index is 623. The van der Waals surface area contributed by atoms with Gasteiger partial charge in [-0.1, -0.05) is 25.1 Å². The zero-order valence-corrected chi connectivity index (χ0v) is 13.5. The summed E-state index contributed by atoms with van der Waals surface area (Å²) in [5.41, 5.74) is 5.62. The molecule has 0 radical (unpaired) electrons. The van der Waals surface area contributed by atoms with Gasteiger partial charge in [0.1, 0.15) is 5.75 Å². The summed E-state index contributed by atoms with van der Waals surface area (Å²) in [7, 11) is 1.73. The van der Waals surface area contributed by atoms with E-state index in [1.807, 2.05) is 13.0 Å². The van der Waals surface area contributed by atoms with Crippen molar-refractivity contribution >= 4 is 0 Å². The lowest BCUT2D eigenvalue weighted by Gasteiger charge is -2.22. The average Bonchev–Trinajstić information content (AvgIpc) is 2.48. The summed E-state index contributed by atoms with van der Waals surface area (Å²) in [4.78, 5) is 4.68. The van der Waals surface area contributed by atoms with Crippen LogP contribution < -0.4 is 10.1 Å². The fraction of sp³-hybridized carbons (Fsp3) is 0.389. The molecule has 1 aromatic carbocycles. The third-order valence-corrected chi connectivity index (χ3v) is 3.84. The molecule has 2 rings (SSSR count). The zero-order chi connectivity index (χ0) is 15.4. The molecule has 1 aromatic heterocycles. The highest BCUT2D eigenvalue weighted by molar-refractivity contribution is 5.48. The Hall–Kier alpha value is -1.87. The van der Waals surface area contributed by atoms with Gasteiger partial charge in [0.25, 0.3) is 0 Å². The zero-order valence-electron chi connectivity index (χ0n) is 13.5. The van der Waals surface area contributed by atoms with Crippen LogP contribution in [0.5, 0.6) is 5.75 Å². The van der Waals surface area contributed by atoms with E-state index in [9.17, 15) is 0 Å². The first-order valence-corrected chi connectivity index (χ1v) is 7.39. The molecule has 1 heterocycles. The minimum absolute atomic E-state index is 0.0455. The van der Waals surface area contributed by atoms with Crippen LogP contribution in [0.2, 0.25) is 0 Å². The van der Waals surface area contributed by atoms with E-state index in [0.29, 0.717) is 0 Å². The molecule has 0 spiro atoms. The van der Waals surface area contributed by atoms with Crippen molar-refractivity contribution in [2.24, 2.45) is 0 Å². The maximum Gasteiger partial charge on any atom is 0.127 e. The molecule has 3 heteroatoms. The summed E-state index contributed by atoms with van der Waals surface area (Å²) in [5.74, 6) is 0.948. The second-order valence-electron chi connectivity index (χ2n) is 5.32. The van der Waals surface area contributed by atoms with Crippen molar-refractivity contribution in [3.05, 3.63) is 58.4 Å². The molecular formula is C18H24N2O. The molecule has 2 aromatic rings. The van der Waals surface area contributed by atoms with Gasteiger partial charge in [0.15, 0.2) is 0 Å².